The van der Waals surface area contributed by atoms with Gasteiger partial charge in [0.1, 0.15) is 0 Å². The van der Waals surface area contributed by atoms with Crippen molar-refractivity contribution in [2.24, 2.45) is 7.05 Å². The van der Waals surface area contributed by atoms with E-state index in [4.69, 9.17) is 16.0 Å². The Morgan fingerprint density at radius 3 is 2.81 bits per heavy atom. The zero-order chi connectivity index (χ0) is 11.7. The lowest BCUT2D eigenvalue weighted by Crippen LogP contribution is -2.20. The fourth-order valence-corrected chi connectivity index (χ4v) is 2.44. The number of rotatable bonds is 3. The molecular formula is C10H11BrClN3O. The van der Waals surface area contributed by atoms with Crippen molar-refractivity contribution < 1.29 is 4.42 Å². The van der Waals surface area contributed by atoms with E-state index in [1.807, 2.05) is 20.2 Å². The highest BCUT2D eigenvalue weighted by Crippen LogP contribution is 2.32. The first-order chi connectivity index (χ1) is 7.65. The molecule has 6 heteroatoms. The Balaban J connectivity index is 2.49. The van der Waals surface area contributed by atoms with Gasteiger partial charge in [-0.25, -0.2) is 0 Å². The summed E-state index contributed by atoms with van der Waals surface area (Å²) in [5.41, 5.74) is 1.90. The van der Waals surface area contributed by atoms with Crippen LogP contribution in [-0.4, -0.2) is 16.8 Å². The summed E-state index contributed by atoms with van der Waals surface area (Å²) < 4.78 is 7.68. The Bertz CT molecular complexity index is 474. The molecular weight excluding hydrogens is 293 g/mol. The first-order valence-corrected chi connectivity index (χ1v) is 5.89. The third kappa shape index (κ3) is 1.90. The van der Waals surface area contributed by atoms with E-state index in [-0.39, 0.29) is 6.04 Å². The van der Waals surface area contributed by atoms with Crippen LogP contribution in [0.2, 0.25) is 5.02 Å². The van der Waals surface area contributed by atoms with Gasteiger partial charge in [0.25, 0.3) is 0 Å². The topological polar surface area (TPSA) is 43.0 Å². The molecule has 4 nitrogen and oxygen atoms in total. The molecule has 1 N–H and O–H groups in total. The molecule has 16 heavy (non-hydrogen) atoms. The summed E-state index contributed by atoms with van der Waals surface area (Å²) in [6.07, 6.45) is 3.27. The van der Waals surface area contributed by atoms with Gasteiger partial charge in [-0.3, -0.25) is 4.68 Å². The fraction of sp³-hybridized carbons (Fsp3) is 0.300. The average Bonchev–Trinajstić information content (AvgIpc) is 2.80. The summed E-state index contributed by atoms with van der Waals surface area (Å²) in [5, 5.41) is 7.95. The maximum absolute atomic E-state index is 6.12. The van der Waals surface area contributed by atoms with Gasteiger partial charge in [-0.15, -0.1) is 0 Å². The predicted molar refractivity (Wildman–Crippen MR) is 65.5 cm³/mol. The van der Waals surface area contributed by atoms with Crippen LogP contribution in [0.25, 0.3) is 0 Å². The molecule has 0 fully saturated rings. The quantitative estimate of drug-likeness (QED) is 0.948. The van der Waals surface area contributed by atoms with Gasteiger partial charge in [0.15, 0.2) is 4.67 Å². The van der Waals surface area contributed by atoms with Gasteiger partial charge in [-0.1, -0.05) is 11.6 Å². The van der Waals surface area contributed by atoms with Crippen molar-refractivity contribution in [1.29, 1.82) is 0 Å². The summed E-state index contributed by atoms with van der Waals surface area (Å²) in [6.45, 7) is 0. The number of aromatic nitrogens is 2. The van der Waals surface area contributed by atoms with Crippen molar-refractivity contribution in [2.75, 3.05) is 7.05 Å². The Kier molecular flexibility index (Phi) is 3.37. The second-order valence-electron chi connectivity index (χ2n) is 3.37. The minimum Gasteiger partial charge on any atom is -0.457 e. The first kappa shape index (κ1) is 11.7. The number of nitrogens with zero attached hydrogens (tertiary/aromatic N) is 2. The fourth-order valence-electron chi connectivity index (χ4n) is 1.69. The van der Waals surface area contributed by atoms with Crippen molar-refractivity contribution in [2.45, 2.75) is 6.04 Å². The highest BCUT2D eigenvalue weighted by atomic mass is 79.9. The van der Waals surface area contributed by atoms with Crippen LogP contribution in [0, 0.1) is 0 Å². The molecule has 1 unspecified atom stereocenters. The number of nitrogens with one attached hydrogen (secondary N) is 1. The largest absolute Gasteiger partial charge is 0.457 e. The third-order valence-corrected chi connectivity index (χ3v) is 3.39. The van der Waals surface area contributed by atoms with E-state index in [2.05, 4.69) is 26.3 Å². The lowest BCUT2D eigenvalue weighted by atomic mass is 10.1. The van der Waals surface area contributed by atoms with E-state index in [9.17, 15) is 0 Å². The van der Waals surface area contributed by atoms with Crippen LogP contribution in [0.3, 0.4) is 0 Å². The molecule has 0 saturated carbocycles. The van der Waals surface area contributed by atoms with Gasteiger partial charge in [0.05, 0.1) is 29.2 Å². The zero-order valence-electron chi connectivity index (χ0n) is 8.87. The third-order valence-electron chi connectivity index (χ3n) is 2.46. The summed E-state index contributed by atoms with van der Waals surface area (Å²) in [7, 11) is 3.73. The molecule has 1 atom stereocenters. The Morgan fingerprint density at radius 1 is 1.62 bits per heavy atom. The molecule has 2 heterocycles. The minimum atomic E-state index is -0.0480. The number of halogens is 2. The minimum absolute atomic E-state index is 0.0480. The Labute approximate surface area is 107 Å². The molecule has 0 aliphatic heterocycles. The van der Waals surface area contributed by atoms with E-state index >= 15 is 0 Å². The molecule has 0 aliphatic rings. The van der Waals surface area contributed by atoms with Gasteiger partial charge in [0.2, 0.25) is 0 Å². The molecule has 2 aromatic heterocycles. The number of furan rings is 1. The SMILES string of the molecule is CNC(c1ccoc1Br)c1c(Cl)cnn1C. The summed E-state index contributed by atoms with van der Waals surface area (Å²) >= 11 is 9.48. The maximum atomic E-state index is 6.12. The molecule has 86 valence electrons. The molecule has 0 aromatic carbocycles. The van der Waals surface area contributed by atoms with Gasteiger partial charge < -0.3 is 9.73 Å². The van der Waals surface area contributed by atoms with Crippen LogP contribution in [0.15, 0.2) is 27.6 Å². The predicted octanol–water partition coefficient (Wildman–Crippen LogP) is 2.74. The summed E-state index contributed by atoms with van der Waals surface area (Å²) in [6, 6.07) is 1.85. The molecule has 0 aliphatic carbocycles. The highest BCUT2D eigenvalue weighted by molar-refractivity contribution is 9.10. The Morgan fingerprint density at radius 2 is 2.38 bits per heavy atom. The number of aryl methyl sites for hydroxylation is 1. The van der Waals surface area contributed by atoms with E-state index in [0.717, 1.165) is 11.3 Å². The molecule has 0 saturated heterocycles. The van der Waals surface area contributed by atoms with Crippen molar-refractivity contribution in [3.05, 3.63) is 39.5 Å². The van der Waals surface area contributed by atoms with Gasteiger partial charge in [-0.05, 0) is 29.0 Å². The van der Waals surface area contributed by atoms with Crippen LogP contribution in [0.1, 0.15) is 17.3 Å². The summed E-state index contributed by atoms with van der Waals surface area (Å²) in [4.78, 5) is 0. The van der Waals surface area contributed by atoms with Crippen LogP contribution < -0.4 is 5.32 Å². The number of hydrogen-bond acceptors (Lipinski definition) is 3. The van der Waals surface area contributed by atoms with Gasteiger partial charge in [0, 0.05) is 12.6 Å². The summed E-state index contributed by atoms with van der Waals surface area (Å²) in [5.74, 6) is 0. The van der Waals surface area contributed by atoms with Crippen LogP contribution in [0.5, 0.6) is 0 Å². The molecule has 2 aromatic rings. The Hall–Kier alpha value is -0.780. The second-order valence-corrected chi connectivity index (χ2v) is 4.50. The maximum Gasteiger partial charge on any atom is 0.174 e. The molecule has 2 rings (SSSR count). The lowest BCUT2D eigenvalue weighted by molar-refractivity contribution is 0.525. The molecule has 0 radical (unpaired) electrons. The standard InChI is InChI=1S/C10H11BrClN3O/c1-13-8(6-3-4-16-10(6)11)9-7(12)5-14-15(9)2/h3-5,8,13H,1-2H3. The molecule has 0 amide bonds. The van der Waals surface area contributed by atoms with E-state index in [1.54, 1.807) is 17.1 Å². The van der Waals surface area contributed by atoms with Gasteiger partial charge >= 0.3 is 0 Å². The van der Waals surface area contributed by atoms with Crippen molar-refractivity contribution in [1.82, 2.24) is 15.1 Å². The van der Waals surface area contributed by atoms with Crippen LogP contribution >= 0.6 is 27.5 Å². The normalized spacial score (nSPS) is 13.0. The molecule has 0 bridgehead atoms. The van der Waals surface area contributed by atoms with Crippen LogP contribution in [-0.2, 0) is 7.05 Å². The zero-order valence-corrected chi connectivity index (χ0v) is 11.2. The monoisotopic (exact) mass is 303 g/mol. The van der Waals surface area contributed by atoms with E-state index in [1.165, 1.54) is 0 Å². The highest BCUT2D eigenvalue weighted by Gasteiger charge is 2.22. The average molecular weight is 305 g/mol. The van der Waals surface area contributed by atoms with Gasteiger partial charge in [-0.2, -0.15) is 5.10 Å². The smallest absolute Gasteiger partial charge is 0.174 e. The van der Waals surface area contributed by atoms with E-state index < -0.39 is 0 Å². The van der Waals surface area contributed by atoms with E-state index in [0.29, 0.717) is 9.69 Å². The van der Waals surface area contributed by atoms with Crippen molar-refractivity contribution >= 4 is 27.5 Å². The van der Waals surface area contributed by atoms with Crippen molar-refractivity contribution in [3.8, 4) is 0 Å². The number of hydrogen-bond donors (Lipinski definition) is 1. The van der Waals surface area contributed by atoms with Crippen molar-refractivity contribution in [3.63, 3.8) is 0 Å². The second kappa shape index (κ2) is 4.61. The van der Waals surface area contributed by atoms with Crippen LogP contribution in [0.4, 0.5) is 0 Å². The molecule has 0 spiro atoms. The first-order valence-electron chi connectivity index (χ1n) is 4.72. The lowest BCUT2D eigenvalue weighted by Gasteiger charge is -2.16.